The number of pyridine rings is 2. The summed E-state index contributed by atoms with van der Waals surface area (Å²) in [6, 6.07) is 42.8. The molecule has 0 saturated heterocycles. The van der Waals surface area contributed by atoms with Gasteiger partial charge >= 0.3 is 0 Å². The van der Waals surface area contributed by atoms with Gasteiger partial charge in [0.1, 0.15) is 0 Å². The highest BCUT2D eigenvalue weighted by Crippen LogP contribution is 2.34. The van der Waals surface area contributed by atoms with Crippen molar-refractivity contribution in [2.75, 3.05) is 0 Å². The van der Waals surface area contributed by atoms with E-state index in [1.54, 1.807) is 0 Å². The number of nitrogens with zero attached hydrogens (tertiary/aromatic N) is 4. The van der Waals surface area contributed by atoms with Crippen molar-refractivity contribution in [2.24, 2.45) is 7.05 Å². The van der Waals surface area contributed by atoms with Gasteiger partial charge in [-0.1, -0.05) is 66.7 Å². The molecule has 4 aromatic carbocycles. The minimum absolute atomic E-state index is 0.977. The van der Waals surface area contributed by atoms with Crippen LogP contribution in [0.4, 0.5) is 0 Å². The third-order valence-electron chi connectivity index (χ3n) is 7.78. The van der Waals surface area contributed by atoms with Crippen molar-refractivity contribution in [3.8, 4) is 28.1 Å². The molecule has 0 aliphatic carbocycles. The molecule has 4 heteroatoms. The fourth-order valence-corrected chi connectivity index (χ4v) is 5.92. The number of benzene rings is 4. The van der Waals surface area contributed by atoms with Gasteiger partial charge in [-0.2, -0.15) is 0 Å². The van der Waals surface area contributed by atoms with Crippen LogP contribution in [0.1, 0.15) is 0 Å². The van der Waals surface area contributed by atoms with Crippen molar-refractivity contribution < 1.29 is 0 Å². The van der Waals surface area contributed by atoms with Crippen LogP contribution < -0.4 is 0 Å². The third-order valence-corrected chi connectivity index (χ3v) is 7.78. The summed E-state index contributed by atoms with van der Waals surface area (Å²) < 4.78 is 4.52. The lowest BCUT2D eigenvalue weighted by Crippen LogP contribution is -1.94. The zero-order valence-electron chi connectivity index (χ0n) is 21.4. The van der Waals surface area contributed by atoms with E-state index in [0.29, 0.717) is 0 Å². The van der Waals surface area contributed by atoms with E-state index in [0.717, 1.165) is 61.0 Å². The average Bonchev–Trinajstić information content (AvgIpc) is 3.49. The molecule has 0 amide bonds. The van der Waals surface area contributed by atoms with Crippen LogP contribution in [0.15, 0.2) is 128 Å². The van der Waals surface area contributed by atoms with Crippen LogP contribution in [0.3, 0.4) is 0 Å². The van der Waals surface area contributed by atoms with Gasteiger partial charge in [0.25, 0.3) is 0 Å². The second-order valence-corrected chi connectivity index (χ2v) is 10.00. The Morgan fingerprint density at radius 1 is 0.513 bits per heavy atom. The minimum atomic E-state index is 0.977. The molecule has 8 aromatic rings. The first-order chi connectivity index (χ1) is 19.3. The SMILES string of the molecule is Cn1c2ccccc2c2nc(-c3cccc(-c4cccc(-n5c6ccccc6c6ncccc65)c4)c3)ccc21. The first-order valence-corrected chi connectivity index (χ1v) is 13.2. The Balaban J connectivity index is 1.26. The molecule has 0 N–H and O–H groups in total. The third kappa shape index (κ3) is 3.32. The van der Waals surface area contributed by atoms with E-state index < -0.39 is 0 Å². The first kappa shape index (κ1) is 21.8. The van der Waals surface area contributed by atoms with Crippen LogP contribution in [0.25, 0.3) is 71.9 Å². The van der Waals surface area contributed by atoms with Gasteiger partial charge in [0.15, 0.2) is 0 Å². The van der Waals surface area contributed by atoms with E-state index in [2.05, 4.69) is 131 Å². The maximum absolute atomic E-state index is 5.12. The highest BCUT2D eigenvalue weighted by Gasteiger charge is 2.14. The van der Waals surface area contributed by atoms with Gasteiger partial charge in [-0.3, -0.25) is 4.98 Å². The lowest BCUT2D eigenvalue weighted by Gasteiger charge is -2.11. The molecule has 0 spiro atoms. The Bertz CT molecular complexity index is 2150. The van der Waals surface area contributed by atoms with Crippen LogP contribution in [0.2, 0.25) is 0 Å². The van der Waals surface area contributed by atoms with Gasteiger partial charge in [0.05, 0.1) is 38.8 Å². The van der Waals surface area contributed by atoms with Gasteiger partial charge in [-0.15, -0.1) is 0 Å². The normalized spacial score (nSPS) is 11.7. The topological polar surface area (TPSA) is 35.6 Å². The fraction of sp³-hybridized carbons (Fsp3) is 0.0286. The molecule has 0 aliphatic heterocycles. The van der Waals surface area contributed by atoms with Gasteiger partial charge in [0, 0.05) is 35.3 Å². The smallest absolute Gasteiger partial charge is 0.0967 e. The predicted molar refractivity (Wildman–Crippen MR) is 161 cm³/mol. The first-order valence-electron chi connectivity index (χ1n) is 13.2. The lowest BCUT2D eigenvalue weighted by molar-refractivity contribution is 1.01. The van der Waals surface area contributed by atoms with E-state index in [-0.39, 0.29) is 0 Å². The molecule has 8 rings (SSSR count). The number of para-hydroxylation sites is 2. The zero-order chi connectivity index (χ0) is 25.9. The molecular weight excluding hydrogens is 476 g/mol. The highest BCUT2D eigenvalue weighted by atomic mass is 15.0. The molecule has 184 valence electrons. The molecule has 4 aromatic heterocycles. The van der Waals surface area contributed by atoms with E-state index in [1.165, 1.54) is 10.9 Å². The summed E-state index contributed by atoms with van der Waals surface area (Å²) in [5, 5.41) is 2.34. The lowest BCUT2D eigenvalue weighted by atomic mass is 10.0. The summed E-state index contributed by atoms with van der Waals surface area (Å²) >= 11 is 0. The number of rotatable bonds is 3. The van der Waals surface area contributed by atoms with Crippen molar-refractivity contribution in [1.82, 2.24) is 19.1 Å². The predicted octanol–water partition coefficient (Wildman–Crippen LogP) is 8.55. The molecule has 0 radical (unpaired) electrons. The molecule has 0 fully saturated rings. The highest BCUT2D eigenvalue weighted by molar-refractivity contribution is 6.07. The monoisotopic (exact) mass is 500 g/mol. The van der Waals surface area contributed by atoms with Gasteiger partial charge in [-0.05, 0) is 65.7 Å². The number of hydrogen-bond acceptors (Lipinski definition) is 2. The van der Waals surface area contributed by atoms with Crippen molar-refractivity contribution >= 4 is 43.9 Å². The van der Waals surface area contributed by atoms with Crippen molar-refractivity contribution in [2.45, 2.75) is 0 Å². The number of aromatic nitrogens is 4. The summed E-state index contributed by atoms with van der Waals surface area (Å²) in [5.74, 6) is 0. The Labute approximate surface area is 225 Å². The van der Waals surface area contributed by atoms with Gasteiger partial charge < -0.3 is 9.13 Å². The number of fused-ring (bicyclic) bond motifs is 6. The Morgan fingerprint density at radius 3 is 2.08 bits per heavy atom. The Kier molecular flexibility index (Phi) is 4.70. The second-order valence-electron chi connectivity index (χ2n) is 10.00. The zero-order valence-corrected chi connectivity index (χ0v) is 21.4. The number of hydrogen-bond donors (Lipinski definition) is 0. The van der Waals surface area contributed by atoms with E-state index in [4.69, 9.17) is 9.97 Å². The standard InChI is InChI=1S/C35H24N4/c1-38-30-15-4-2-13-27(30)35-32(38)19-18-29(37-35)25-11-6-9-23(21-25)24-10-7-12-26(22-24)39-31-16-5-3-14-28(31)34-33(39)17-8-20-36-34/h2-22H,1H3. The van der Waals surface area contributed by atoms with Gasteiger partial charge in [0.2, 0.25) is 0 Å². The summed E-state index contributed by atoms with van der Waals surface area (Å²) in [7, 11) is 2.10. The quantitative estimate of drug-likeness (QED) is 0.244. The van der Waals surface area contributed by atoms with E-state index >= 15 is 0 Å². The van der Waals surface area contributed by atoms with Crippen molar-refractivity contribution in [3.63, 3.8) is 0 Å². The second kappa shape index (κ2) is 8.40. The van der Waals surface area contributed by atoms with Gasteiger partial charge in [-0.25, -0.2) is 4.98 Å². The molecule has 39 heavy (non-hydrogen) atoms. The van der Waals surface area contributed by atoms with Crippen LogP contribution >= 0.6 is 0 Å². The largest absolute Gasteiger partial charge is 0.342 e. The van der Waals surface area contributed by atoms with Crippen LogP contribution in [0.5, 0.6) is 0 Å². The Hall–Kier alpha value is -5.22. The molecule has 4 heterocycles. The van der Waals surface area contributed by atoms with Crippen molar-refractivity contribution in [3.05, 3.63) is 128 Å². The fourth-order valence-electron chi connectivity index (χ4n) is 5.92. The molecular formula is C35H24N4. The van der Waals surface area contributed by atoms with Crippen LogP contribution in [-0.4, -0.2) is 19.1 Å². The molecule has 0 saturated carbocycles. The summed E-state index contributed by atoms with van der Waals surface area (Å²) in [6.07, 6.45) is 1.87. The van der Waals surface area contributed by atoms with Crippen LogP contribution in [0, 0.1) is 0 Å². The molecule has 0 unspecified atom stereocenters. The minimum Gasteiger partial charge on any atom is -0.342 e. The molecule has 0 aliphatic rings. The maximum atomic E-state index is 5.12. The average molecular weight is 501 g/mol. The summed E-state index contributed by atoms with van der Waals surface area (Å²) in [4.78, 5) is 9.82. The summed E-state index contributed by atoms with van der Waals surface area (Å²) in [6.45, 7) is 0. The Morgan fingerprint density at radius 2 is 1.21 bits per heavy atom. The molecule has 0 atom stereocenters. The van der Waals surface area contributed by atoms with Crippen molar-refractivity contribution in [1.29, 1.82) is 0 Å². The summed E-state index contributed by atoms with van der Waals surface area (Å²) in [5.41, 5.74) is 12.2. The van der Waals surface area contributed by atoms with E-state index in [9.17, 15) is 0 Å². The number of aryl methyl sites for hydroxylation is 1. The van der Waals surface area contributed by atoms with E-state index in [1.807, 2.05) is 12.3 Å². The van der Waals surface area contributed by atoms with Crippen LogP contribution in [-0.2, 0) is 7.05 Å². The molecule has 4 nitrogen and oxygen atoms in total. The maximum Gasteiger partial charge on any atom is 0.0967 e. The molecule has 0 bridgehead atoms.